The lowest BCUT2D eigenvalue weighted by molar-refractivity contribution is -0.111. The van der Waals surface area contributed by atoms with Crippen LogP contribution in [0.2, 0.25) is 0 Å². The minimum Gasteiger partial charge on any atom is -0.0900 e. The molecule has 5 rings (SSSR count). The molecule has 0 saturated heterocycles. The molecule has 0 amide bonds. The first kappa shape index (κ1) is 21.2. The summed E-state index contributed by atoms with van der Waals surface area (Å²) in [6.45, 7) is 12.6. The predicted octanol–water partition coefficient (Wildman–Crippen LogP) is 8.40. The number of hydrogen-bond acceptors (Lipinski definition) is 1. The SMILES string of the molecule is CC(C)CCC[C@@H](C)C1CC[C@H]2[C@@H]3CC(N=[N+]=[N-])[C@]45C[C@@H]4CCC5(C)C3CCC12C. The van der Waals surface area contributed by atoms with Gasteiger partial charge in [-0.3, -0.25) is 0 Å². The third kappa shape index (κ3) is 2.72. The molecule has 5 unspecified atom stereocenters. The molecule has 0 aromatic carbocycles. The van der Waals surface area contributed by atoms with Gasteiger partial charge in [0.05, 0.1) is 0 Å². The van der Waals surface area contributed by atoms with E-state index in [4.69, 9.17) is 0 Å². The highest BCUT2D eigenvalue weighted by Crippen LogP contribution is 2.82. The van der Waals surface area contributed by atoms with E-state index < -0.39 is 0 Å². The fourth-order valence-corrected chi connectivity index (χ4v) is 10.5. The molecule has 5 aliphatic rings. The van der Waals surface area contributed by atoms with E-state index in [9.17, 15) is 5.53 Å². The molecule has 10 atom stereocenters. The molecule has 5 fully saturated rings. The number of fused-ring (bicyclic) bond motifs is 4. The van der Waals surface area contributed by atoms with E-state index in [1.165, 1.54) is 70.6 Å². The smallest absolute Gasteiger partial charge is 0.0441 e. The minimum absolute atomic E-state index is 0.283. The van der Waals surface area contributed by atoms with Gasteiger partial charge in [-0.25, -0.2) is 0 Å². The molecule has 3 nitrogen and oxygen atoms in total. The van der Waals surface area contributed by atoms with Gasteiger partial charge in [-0.05, 0) is 115 Å². The van der Waals surface area contributed by atoms with Gasteiger partial charge in [0.25, 0.3) is 0 Å². The summed E-state index contributed by atoms with van der Waals surface area (Å²) < 4.78 is 0. The fourth-order valence-electron chi connectivity index (χ4n) is 10.5. The van der Waals surface area contributed by atoms with Crippen molar-refractivity contribution in [2.45, 2.75) is 111 Å². The molecule has 0 aromatic rings. The first-order chi connectivity index (χ1) is 14.3. The molecular formula is C27H45N3. The first-order valence-electron chi connectivity index (χ1n) is 13.3. The third-order valence-corrected chi connectivity index (χ3v) is 12.0. The van der Waals surface area contributed by atoms with Gasteiger partial charge in [0.1, 0.15) is 0 Å². The molecule has 3 heteroatoms. The zero-order valence-corrected chi connectivity index (χ0v) is 20.2. The minimum atomic E-state index is 0.283. The van der Waals surface area contributed by atoms with E-state index >= 15 is 0 Å². The Balaban J connectivity index is 1.38. The van der Waals surface area contributed by atoms with Crippen LogP contribution in [-0.2, 0) is 0 Å². The van der Waals surface area contributed by atoms with Crippen molar-refractivity contribution in [3.05, 3.63) is 10.4 Å². The highest BCUT2D eigenvalue weighted by molar-refractivity contribution is 5.27. The zero-order chi connectivity index (χ0) is 21.3. The van der Waals surface area contributed by atoms with Crippen LogP contribution in [0.25, 0.3) is 10.4 Å². The molecule has 30 heavy (non-hydrogen) atoms. The fraction of sp³-hybridized carbons (Fsp3) is 1.00. The Bertz CT molecular complexity index is 726. The van der Waals surface area contributed by atoms with Crippen LogP contribution in [0, 0.1) is 57.7 Å². The molecule has 0 aliphatic heterocycles. The summed E-state index contributed by atoms with van der Waals surface area (Å²) in [4.78, 5) is 3.38. The second-order valence-electron chi connectivity index (χ2n) is 13.3. The van der Waals surface area contributed by atoms with Crippen molar-refractivity contribution in [3.8, 4) is 0 Å². The molecule has 0 bridgehead atoms. The maximum Gasteiger partial charge on any atom is 0.0441 e. The van der Waals surface area contributed by atoms with Gasteiger partial charge in [-0.15, -0.1) is 0 Å². The van der Waals surface area contributed by atoms with Crippen LogP contribution in [0.15, 0.2) is 5.11 Å². The van der Waals surface area contributed by atoms with Gasteiger partial charge in [-0.1, -0.05) is 59.0 Å². The average Bonchev–Trinajstić information content (AvgIpc) is 3.20. The number of azide groups is 1. The van der Waals surface area contributed by atoms with Gasteiger partial charge in [0.15, 0.2) is 0 Å². The highest BCUT2D eigenvalue weighted by atomic mass is 15.2. The van der Waals surface area contributed by atoms with Crippen molar-refractivity contribution >= 4 is 0 Å². The normalized spacial score (nSPS) is 52.1. The lowest BCUT2D eigenvalue weighted by atomic mass is 9.45. The summed E-state index contributed by atoms with van der Waals surface area (Å²) in [5.74, 6) is 6.06. The molecule has 0 N–H and O–H groups in total. The number of rotatable bonds is 6. The highest BCUT2D eigenvalue weighted by Gasteiger charge is 2.76. The number of hydrogen-bond donors (Lipinski definition) is 0. The summed E-state index contributed by atoms with van der Waals surface area (Å²) in [6.07, 6.45) is 15.4. The molecular weight excluding hydrogens is 366 g/mol. The van der Waals surface area contributed by atoms with Gasteiger partial charge in [-0.2, -0.15) is 0 Å². The van der Waals surface area contributed by atoms with Gasteiger partial charge >= 0.3 is 0 Å². The Morgan fingerprint density at radius 3 is 2.50 bits per heavy atom. The van der Waals surface area contributed by atoms with Crippen molar-refractivity contribution < 1.29 is 0 Å². The van der Waals surface area contributed by atoms with E-state index in [0.717, 1.165) is 41.4 Å². The Morgan fingerprint density at radius 1 is 1.00 bits per heavy atom. The Hall–Kier alpha value is -0.690. The van der Waals surface area contributed by atoms with E-state index in [0.29, 0.717) is 16.2 Å². The first-order valence-corrected chi connectivity index (χ1v) is 13.3. The van der Waals surface area contributed by atoms with E-state index in [1.807, 2.05) is 0 Å². The average molecular weight is 412 g/mol. The summed E-state index contributed by atoms with van der Waals surface area (Å²) in [6, 6.07) is 0.283. The summed E-state index contributed by atoms with van der Waals surface area (Å²) >= 11 is 0. The molecule has 5 saturated carbocycles. The standard InChI is InChI=1S/C27H45N3/c1-17(2)7-6-8-18(3)21-9-10-22-20-15-24(29-30-28)27-16-19(27)11-14-26(27,5)23(20)12-13-25(21,22)4/h17-24H,6-16H2,1-5H3/t18-,19+,20+,21?,22+,23?,24?,25?,26?,27+/m1/s1. The Kier molecular flexibility index (Phi) is 5.05. The topological polar surface area (TPSA) is 48.8 Å². The molecule has 0 radical (unpaired) electrons. The largest absolute Gasteiger partial charge is 0.0900 e. The van der Waals surface area contributed by atoms with Crippen LogP contribution >= 0.6 is 0 Å². The quantitative estimate of drug-likeness (QED) is 0.239. The molecule has 0 aromatic heterocycles. The van der Waals surface area contributed by atoms with Crippen LogP contribution in [0.3, 0.4) is 0 Å². The van der Waals surface area contributed by atoms with Crippen molar-refractivity contribution in [3.63, 3.8) is 0 Å². The lowest BCUT2D eigenvalue weighted by Gasteiger charge is -2.60. The second kappa shape index (κ2) is 7.16. The Labute approximate surface area is 184 Å². The summed E-state index contributed by atoms with van der Waals surface area (Å²) in [7, 11) is 0. The predicted molar refractivity (Wildman–Crippen MR) is 124 cm³/mol. The number of nitrogens with zero attached hydrogens (tertiary/aromatic N) is 3. The zero-order valence-electron chi connectivity index (χ0n) is 20.2. The molecule has 0 heterocycles. The van der Waals surface area contributed by atoms with Crippen molar-refractivity contribution in [2.24, 2.45) is 62.8 Å². The molecule has 168 valence electrons. The maximum atomic E-state index is 9.38. The van der Waals surface area contributed by atoms with Gasteiger partial charge < -0.3 is 0 Å². The third-order valence-electron chi connectivity index (χ3n) is 12.0. The Morgan fingerprint density at radius 2 is 1.80 bits per heavy atom. The van der Waals surface area contributed by atoms with Crippen molar-refractivity contribution in [1.82, 2.24) is 0 Å². The second-order valence-corrected chi connectivity index (χ2v) is 13.3. The summed E-state index contributed by atoms with van der Waals surface area (Å²) in [5.41, 5.74) is 10.7. The lowest BCUT2D eigenvalue weighted by Crippen LogP contribution is -2.56. The maximum absolute atomic E-state index is 9.38. The molecule has 1 spiro atoms. The van der Waals surface area contributed by atoms with Crippen LogP contribution < -0.4 is 0 Å². The van der Waals surface area contributed by atoms with Gasteiger partial charge in [0, 0.05) is 11.0 Å². The van der Waals surface area contributed by atoms with Crippen LogP contribution in [0.5, 0.6) is 0 Å². The van der Waals surface area contributed by atoms with Crippen LogP contribution in [0.1, 0.15) is 105 Å². The van der Waals surface area contributed by atoms with Crippen molar-refractivity contribution in [2.75, 3.05) is 0 Å². The van der Waals surface area contributed by atoms with Crippen LogP contribution in [0.4, 0.5) is 0 Å². The van der Waals surface area contributed by atoms with Gasteiger partial charge in [0.2, 0.25) is 0 Å². The van der Waals surface area contributed by atoms with E-state index in [-0.39, 0.29) is 6.04 Å². The monoisotopic (exact) mass is 411 g/mol. The van der Waals surface area contributed by atoms with E-state index in [1.54, 1.807) is 0 Å². The van der Waals surface area contributed by atoms with Crippen molar-refractivity contribution in [1.29, 1.82) is 0 Å². The van der Waals surface area contributed by atoms with E-state index in [2.05, 4.69) is 44.6 Å². The summed E-state index contributed by atoms with van der Waals surface area (Å²) in [5, 5.41) is 4.50. The van der Waals surface area contributed by atoms with Crippen LogP contribution in [-0.4, -0.2) is 6.04 Å². The molecule has 5 aliphatic carbocycles.